The first-order valence-electron chi connectivity index (χ1n) is 12.8. The molecule has 41 heavy (non-hydrogen) atoms. The van der Waals surface area contributed by atoms with Crippen molar-refractivity contribution in [1.82, 2.24) is 14.9 Å². The van der Waals surface area contributed by atoms with Crippen molar-refractivity contribution in [3.8, 4) is 11.5 Å². The van der Waals surface area contributed by atoms with E-state index < -0.39 is 17.8 Å². The molecule has 0 aliphatic rings. The van der Waals surface area contributed by atoms with Crippen molar-refractivity contribution < 1.29 is 23.5 Å². The SMILES string of the molecule is COc1ccc(NC(=O)[C@@H](c2ccccc2)N(Cc2ccccc2F)C(=O)CSc2nc(C)cc(C)n2)c(OC)c1. The molecule has 1 heterocycles. The van der Waals surface area contributed by atoms with Crippen LogP contribution in [0.25, 0.3) is 0 Å². The highest BCUT2D eigenvalue weighted by atomic mass is 32.2. The maximum absolute atomic E-state index is 14.8. The summed E-state index contributed by atoms with van der Waals surface area (Å²) >= 11 is 1.17. The summed E-state index contributed by atoms with van der Waals surface area (Å²) in [6.45, 7) is 3.58. The molecule has 0 bridgehead atoms. The van der Waals surface area contributed by atoms with Crippen LogP contribution in [0.15, 0.2) is 84.0 Å². The van der Waals surface area contributed by atoms with Gasteiger partial charge in [-0.05, 0) is 43.7 Å². The van der Waals surface area contributed by atoms with E-state index in [1.54, 1.807) is 60.7 Å². The van der Waals surface area contributed by atoms with Gasteiger partial charge in [-0.25, -0.2) is 14.4 Å². The second kappa shape index (κ2) is 13.8. The summed E-state index contributed by atoms with van der Waals surface area (Å²) in [4.78, 5) is 38.1. The summed E-state index contributed by atoms with van der Waals surface area (Å²) in [5.74, 6) is -0.455. The Kier molecular flexibility index (Phi) is 9.91. The number of carbonyl (C=O) groups is 2. The molecule has 2 amide bonds. The lowest BCUT2D eigenvalue weighted by Crippen LogP contribution is -2.42. The van der Waals surface area contributed by atoms with E-state index in [4.69, 9.17) is 9.47 Å². The number of thioether (sulfide) groups is 1. The van der Waals surface area contributed by atoms with Gasteiger partial charge < -0.3 is 19.7 Å². The first-order valence-corrected chi connectivity index (χ1v) is 13.8. The maximum Gasteiger partial charge on any atom is 0.251 e. The van der Waals surface area contributed by atoms with Gasteiger partial charge in [0.05, 0.1) is 25.7 Å². The van der Waals surface area contributed by atoms with Crippen molar-refractivity contribution in [2.75, 3.05) is 25.3 Å². The van der Waals surface area contributed by atoms with Gasteiger partial charge in [0.25, 0.3) is 5.91 Å². The van der Waals surface area contributed by atoms with Crippen molar-refractivity contribution in [2.24, 2.45) is 0 Å². The molecule has 0 aliphatic carbocycles. The van der Waals surface area contributed by atoms with Gasteiger partial charge in [-0.2, -0.15) is 0 Å². The summed E-state index contributed by atoms with van der Waals surface area (Å²) in [6.07, 6.45) is 0. The zero-order valence-electron chi connectivity index (χ0n) is 23.3. The highest BCUT2D eigenvalue weighted by Gasteiger charge is 2.33. The molecule has 0 fully saturated rings. The molecule has 0 radical (unpaired) electrons. The van der Waals surface area contributed by atoms with Gasteiger partial charge in [0.1, 0.15) is 23.4 Å². The molecule has 1 aromatic heterocycles. The predicted molar refractivity (Wildman–Crippen MR) is 157 cm³/mol. The van der Waals surface area contributed by atoms with Crippen molar-refractivity contribution in [1.29, 1.82) is 0 Å². The summed E-state index contributed by atoms with van der Waals surface area (Å²) in [7, 11) is 3.02. The average Bonchev–Trinajstić information content (AvgIpc) is 2.97. The number of carbonyl (C=O) groups excluding carboxylic acids is 2. The summed E-state index contributed by atoms with van der Waals surface area (Å²) in [5, 5.41) is 3.35. The van der Waals surface area contributed by atoms with Crippen molar-refractivity contribution in [3.05, 3.63) is 107 Å². The molecule has 0 saturated carbocycles. The van der Waals surface area contributed by atoms with E-state index in [-0.39, 0.29) is 23.8 Å². The molecule has 0 unspecified atom stereocenters. The van der Waals surface area contributed by atoms with E-state index in [9.17, 15) is 14.0 Å². The second-order valence-corrected chi connectivity index (χ2v) is 10.1. The van der Waals surface area contributed by atoms with Crippen LogP contribution in [0.4, 0.5) is 10.1 Å². The minimum Gasteiger partial charge on any atom is -0.497 e. The van der Waals surface area contributed by atoms with Gasteiger partial charge in [0, 0.05) is 29.6 Å². The van der Waals surface area contributed by atoms with Crippen LogP contribution in [-0.4, -0.2) is 46.7 Å². The van der Waals surface area contributed by atoms with Crippen LogP contribution in [0, 0.1) is 19.7 Å². The monoisotopic (exact) mass is 574 g/mol. The number of hydrogen-bond donors (Lipinski definition) is 1. The molecule has 212 valence electrons. The van der Waals surface area contributed by atoms with Gasteiger partial charge in [0.2, 0.25) is 5.91 Å². The lowest BCUT2D eigenvalue weighted by molar-refractivity contribution is -0.137. The van der Waals surface area contributed by atoms with Crippen molar-refractivity contribution in [3.63, 3.8) is 0 Å². The largest absolute Gasteiger partial charge is 0.497 e. The summed E-state index contributed by atoms with van der Waals surface area (Å²) in [5.41, 5.74) is 2.81. The number of methoxy groups -OCH3 is 2. The maximum atomic E-state index is 14.8. The fourth-order valence-corrected chi connectivity index (χ4v) is 5.15. The summed E-state index contributed by atoms with van der Waals surface area (Å²) < 4.78 is 25.6. The first-order chi connectivity index (χ1) is 19.8. The molecule has 0 aliphatic heterocycles. The number of hydrogen-bond acceptors (Lipinski definition) is 7. The Labute approximate surface area is 242 Å². The fraction of sp³-hybridized carbons (Fsp3) is 0.226. The molecule has 0 spiro atoms. The molecule has 8 nitrogen and oxygen atoms in total. The van der Waals surface area contributed by atoms with Crippen LogP contribution in [-0.2, 0) is 16.1 Å². The molecule has 3 aromatic carbocycles. The number of nitrogens with zero attached hydrogens (tertiary/aromatic N) is 3. The Balaban J connectivity index is 1.72. The van der Waals surface area contributed by atoms with Gasteiger partial charge in [-0.3, -0.25) is 9.59 Å². The van der Waals surface area contributed by atoms with E-state index >= 15 is 0 Å². The van der Waals surface area contributed by atoms with Crippen molar-refractivity contribution >= 4 is 29.3 Å². The molecule has 1 N–H and O–H groups in total. The highest BCUT2D eigenvalue weighted by Crippen LogP contribution is 2.32. The smallest absolute Gasteiger partial charge is 0.251 e. The van der Waals surface area contributed by atoms with Crippen LogP contribution in [0.5, 0.6) is 11.5 Å². The van der Waals surface area contributed by atoms with Crippen LogP contribution >= 0.6 is 11.8 Å². The quantitative estimate of drug-likeness (QED) is 0.180. The number of halogens is 1. The van der Waals surface area contributed by atoms with Crippen molar-refractivity contribution in [2.45, 2.75) is 31.6 Å². The zero-order chi connectivity index (χ0) is 29.4. The molecular formula is C31H31FN4O4S. The highest BCUT2D eigenvalue weighted by molar-refractivity contribution is 7.99. The van der Waals surface area contributed by atoms with E-state index in [1.807, 2.05) is 26.0 Å². The number of anilines is 1. The number of aryl methyl sites for hydroxylation is 2. The zero-order valence-corrected chi connectivity index (χ0v) is 24.1. The third-order valence-electron chi connectivity index (χ3n) is 6.25. The van der Waals surface area contributed by atoms with Gasteiger partial charge >= 0.3 is 0 Å². The van der Waals surface area contributed by atoms with Crippen LogP contribution < -0.4 is 14.8 Å². The third kappa shape index (κ3) is 7.61. The van der Waals surface area contributed by atoms with Crippen LogP contribution in [0.2, 0.25) is 0 Å². The number of ether oxygens (including phenoxy) is 2. The molecule has 1 atom stereocenters. The normalized spacial score (nSPS) is 11.4. The third-order valence-corrected chi connectivity index (χ3v) is 7.08. The minimum absolute atomic E-state index is 0.0557. The van der Waals surface area contributed by atoms with E-state index in [0.29, 0.717) is 27.9 Å². The molecule has 0 saturated heterocycles. The van der Waals surface area contributed by atoms with E-state index in [2.05, 4.69) is 15.3 Å². The average molecular weight is 575 g/mol. The van der Waals surface area contributed by atoms with Gasteiger partial charge in [-0.1, -0.05) is 60.3 Å². The number of benzene rings is 3. The fourth-order valence-electron chi connectivity index (χ4n) is 4.31. The number of nitrogens with one attached hydrogen (secondary N) is 1. The Morgan fingerprint density at radius 3 is 2.27 bits per heavy atom. The lowest BCUT2D eigenvalue weighted by Gasteiger charge is -2.32. The Morgan fingerprint density at radius 1 is 0.927 bits per heavy atom. The van der Waals surface area contributed by atoms with Crippen LogP contribution in [0.1, 0.15) is 28.6 Å². The molecule has 4 aromatic rings. The summed E-state index contributed by atoms with van der Waals surface area (Å²) in [6, 6.07) is 20.9. The van der Waals surface area contributed by atoms with Gasteiger partial charge in [0.15, 0.2) is 5.16 Å². The molecular weight excluding hydrogens is 543 g/mol. The van der Waals surface area contributed by atoms with Crippen LogP contribution in [0.3, 0.4) is 0 Å². The predicted octanol–water partition coefficient (Wildman–Crippen LogP) is 5.75. The topological polar surface area (TPSA) is 93.7 Å². The van der Waals surface area contributed by atoms with E-state index in [0.717, 1.165) is 11.4 Å². The minimum atomic E-state index is -1.09. The van der Waals surface area contributed by atoms with Gasteiger partial charge in [-0.15, -0.1) is 0 Å². The number of rotatable bonds is 11. The Bertz CT molecular complexity index is 1500. The first kappa shape index (κ1) is 29.5. The number of amides is 2. The molecule has 10 heteroatoms. The standard InChI is InChI=1S/C31H31FN4O4S/c1-20-16-21(2)34-31(33-20)41-19-28(37)36(18-23-12-8-9-13-25(23)32)29(22-10-6-5-7-11-22)30(38)35-26-15-14-24(39-3)17-27(26)40-4/h5-17,29H,18-19H2,1-4H3,(H,35,38)/t29-/m1/s1. The Hall–Kier alpha value is -4.44. The molecule has 4 rings (SSSR count). The second-order valence-electron chi connectivity index (χ2n) is 9.20. The Morgan fingerprint density at radius 2 is 1.61 bits per heavy atom. The van der Waals surface area contributed by atoms with E-state index in [1.165, 1.54) is 36.9 Å². The number of aromatic nitrogens is 2. The lowest BCUT2D eigenvalue weighted by atomic mass is 10.0.